The van der Waals surface area contributed by atoms with Gasteiger partial charge in [-0.25, -0.2) is 13.2 Å². The van der Waals surface area contributed by atoms with Crippen molar-refractivity contribution in [3.05, 3.63) is 53.6 Å². The molecule has 0 saturated heterocycles. The van der Waals surface area contributed by atoms with Crippen LogP contribution in [-0.2, 0) is 25.9 Å². The molecule has 2 aromatic carbocycles. The fourth-order valence-corrected chi connectivity index (χ4v) is 3.70. The van der Waals surface area contributed by atoms with Crippen molar-refractivity contribution in [3.8, 4) is 11.5 Å². The second kappa shape index (κ2) is 8.52. The number of likely N-dealkylation sites (N-methyl/N-ethyl adjacent to an activating group) is 1. The number of ether oxygens (including phenoxy) is 3. The normalized spacial score (nSPS) is 12.9. The van der Waals surface area contributed by atoms with Crippen LogP contribution in [-0.4, -0.2) is 58.3 Å². The fourth-order valence-electron chi connectivity index (χ4n) is 2.82. The van der Waals surface area contributed by atoms with Gasteiger partial charge in [-0.05, 0) is 29.8 Å². The first-order chi connectivity index (χ1) is 13.8. The number of sulfone groups is 1. The van der Waals surface area contributed by atoms with Crippen LogP contribution in [0.1, 0.15) is 15.9 Å². The molecule has 0 spiro atoms. The molecule has 29 heavy (non-hydrogen) atoms. The van der Waals surface area contributed by atoms with Gasteiger partial charge in [0.25, 0.3) is 5.91 Å². The van der Waals surface area contributed by atoms with E-state index >= 15 is 0 Å². The Kier molecular flexibility index (Phi) is 6.07. The highest BCUT2D eigenvalue weighted by atomic mass is 32.2. The molecule has 0 fully saturated rings. The summed E-state index contributed by atoms with van der Waals surface area (Å²) in [5.41, 5.74) is 0.733. The summed E-state index contributed by atoms with van der Waals surface area (Å²) in [4.78, 5) is 25.9. The van der Waals surface area contributed by atoms with Crippen LogP contribution in [0.4, 0.5) is 0 Å². The third kappa shape index (κ3) is 5.05. The molecule has 1 amide bonds. The summed E-state index contributed by atoms with van der Waals surface area (Å²) in [6.07, 6.45) is 1.01. The van der Waals surface area contributed by atoms with Crippen molar-refractivity contribution in [1.82, 2.24) is 4.90 Å². The van der Waals surface area contributed by atoms with E-state index < -0.39 is 28.3 Å². The molecule has 1 aliphatic heterocycles. The lowest BCUT2D eigenvalue weighted by molar-refractivity contribution is -0.133. The van der Waals surface area contributed by atoms with Gasteiger partial charge in [-0.2, -0.15) is 0 Å². The fraction of sp³-hybridized carbons (Fsp3) is 0.300. The zero-order valence-corrected chi connectivity index (χ0v) is 16.9. The molecule has 0 aliphatic carbocycles. The Hall–Kier alpha value is -3.07. The maximum Gasteiger partial charge on any atom is 0.339 e. The van der Waals surface area contributed by atoms with Gasteiger partial charge in [0.15, 0.2) is 27.9 Å². The van der Waals surface area contributed by atoms with Crippen LogP contribution in [0.5, 0.6) is 11.5 Å². The highest BCUT2D eigenvalue weighted by Crippen LogP contribution is 2.31. The number of hydrogen-bond acceptors (Lipinski definition) is 7. The van der Waals surface area contributed by atoms with Gasteiger partial charge in [0.05, 0.1) is 10.5 Å². The molecule has 9 heteroatoms. The molecule has 0 unspecified atom stereocenters. The second-order valence-electron chi connectivity index (χ2n) is 6.57. The van der Waals surface area contributed by atoms with Gasteiger partial charge in [0.1, 0.15) is 13.2 Å². The number of rotatable bonds is 6. The molecule has 0 radical (unpaired) electrons. The number of carbonyl (C=O) groups is 2. The number of nitrogens with zero attached hydrogens (tertiary/aromatic N) is 1. The predicted molar refractivity (Wildman–Crippen MR) is 104 cm³/mol. The van der Waals surface area contributed by atoms with Gasteiger partial charge in [-0.3, -0.25) is 4.79 Å². The topological polar surface area (TPSA) is 99.2 Å². The average Bonchev–Trinajstić information content (AvgIpc) is 2.71. The van der Waals surface area contributed by atoms with Crippen molar-refractivity contribution in [2.45, 2.75) is 11.4 Å². The van der Waals surface area contributed by atoms with Crippen LogP contribution in [0.2, 0.25) is 0 Å². The summed E-state index contributed by atoms with van der Waals surface area (Å²) in [5, 5.41) is 0. The van der Waals surface area contributed by atoms with E-state index in [9.17, 15) is 18.0 Å². The summed E-state index contributed by atoms with van der Waals surface area (Å²) in [6.45, 7) is 0.750. The number of amides is 1. The monoisotopic (exact) mass is 419 g/mol. The molecule has 0 aromatic heterocycles. The number of carbonyl (C=O) groups excluding carboxylic acids is 2. The van der Waals surface area contributed by atoms with E-state index in [0.29, 0.717) is 24.7 Å². The number of hydrogen-bond donors (Lipinski definition) is 0. The second-order valence-corrected chi connectivity index (χ2v) is 8.56. The molecule has 0 saturated carbocycles. The number of esters is 1. The lowest BCUT2D eigenvalue weighted by Crippen LogP contribution is -2.31. The Morgan fingerprint density at radius 1 is 1.07 bits per heavy atom. The minimum atomic E-state index is -3.60. The Morgan fingerprint density at radius 2 is 1.76 bits per heavy atom. The summed E-state index contributed by atoms with van der Waals surface area (Å²) < 4.78 is 39.6. The summed E-state index contributed by atoms with van der Waals surface area (Å²) in [7, 11) is -2.02. The number of fused-ring (bicyclic) bond motifs is 1. The molecule has 2 aromatic rings. The lowest BCUT2D eigenvalue weighted by Gasteiger charge is -2.21. The molecule has 3 rings (SSSR count). The summed E-state index contributed by atoms with van der Waals surface area (Å²) in [6, 6.07) is 11.1. The lowest BCUT2D eigenvalue weighted by atomic mass is 10.2. The Morgan fingerprint density at radius 3 is 2.48 bits per heavy atom. The van der Waals surface area contributed by atoms with Crippen molar-refractivity contribution in [3.63, 3.8) is 0 Å². The van der Waals surface area contributed by atoms with E-state index in [1.165, 1.54) is 29.2 Å². The zero-order valence-electron chi connectivity index (χ0n) is 16.1. The van der Waals surface area contributed by atoms with Crippen LogP contribution in [0.3, 0.4) is 0 Å². The minimum Gasteiger partial charge on any atom is -0.486 e. The maximum absolute atomic E-state index is 12.3. The first-order valence-corrected chi connectivity index (χ1v) is 10.7. The highest BCUT2D eigenvalue weighted by molar-refractivity contribution is 7.90. The summed E-state index contributed by atoms with van der Waals surface area (Å²) >= 11 is 0. The molecule has 1 aliphatic rings. The van der Waals surface area contributed by atoms with Crippen LogP contribution in [0.15, 0.2) is 47.4 Å². The molecule has 0 N–H and O–H groups in total. The first kappa shape index (κ1) is 20.7. The third-order valence-electron chi connectivity index (χ3n) is 4.29. The molecular formula is C20H21NO7S. The van der Waals surface area contributed by atoms with Crippen LogP contribution in [0.25, 0.3) is 0 Å². The molecule has 0 atom stereocenters. The SMILES string of the molecule is CN(Cc1ccc2c(c1)OCCO2)C(=O)COC(=O)c1ccccc1S(C)(=O)=O. The van der Waals surface area contributed by atoms with Gasteiger partial charge >= 0.3 is 5.97 Å². The van der Waals surface area contributed by atoms with E-state index in [0.717, 1.165) is 11.8 Å². The number of benzene rings is 2. The standard InChI is InChI=1S/C20H21NO7S/c1-21(12-14-7-8-16-17(11-14)27-10-9-26-16)19(22)13-28-20(23)15-5-3-4-6-18(15)29(2,24)25/h3-8,11H,9-10,12-13H2,1-2H3. The van der Waals surface area contributed by atoms with E-state index in [1.807, 2.05) is 6.07 Å². The minimum absolute atomic E-state index is 0.0997. The van der Waals surface area contributed by atoms with Gasteiger partial charge < -0.3 is 19.1 Å². The smallest absolute Gasteiger partial charge is 0.339 e. The van der Waals surface area contributed by atoms with Crippen LogP contribution in [0, 0.1) is 0 Å². The third-order valence-corrected chi connectivity index (χ3v) is 5.44. The average molecular weight is 419 g/mol. The van der Waals surface area contributed by atoms with Crippen LogP contribution >= 0.6 is 0 Å². The highest BCUT2D eigenvalue weighted by Gasteiger charge is 2.21. The molecular weight excluding hydrogens is 398 g/mol. The maximum atomic E-state index is 12.3. The van der Waals surface area contributed by atoms with Crippen molar-refractivity contribution in [2.24, 2.45) is 0 Å². The van der Waals surface area contributed by atoms with Gasteiger partial charge in [0.2, 0.25) is 0 Å². The Labute approximate surface area is 168 Å². The molecule has 0 bridgehead atoms. The molecule has 1 heterocycles. The molecule has 154 valence electrons. The van der Waals surface area contributed by atoms with E-state index in [1.54, 1.807) is 19.2 Å². The van der Waals surface area contributed by atoms with Crippen LogP contribution < -0.4 is 9.47 Å². The molecule has 8 nitrogen and oxygen atoms in total. The van der Waals surface area contributed by atoms with E-state index in [2.05, 4.69) is 0 Å². The van der Waals surface area contributed by atoms with E-state index in [4.69, 9.17) is 14.2 Å². The Balaban J connectivity index is 1.60. The zero-order chi connectivity index (χ0) is 21.0. The summed E-state index contributed by atoms with van der Waals surface area (Å²) in [5.74, 6) is -0.0111. The quantitative estimate of drug-likeness (QED) is 0.657. The van der Waals surface area contributed by atoms with Crippen molar-refractivity contribution in [2.75, 3.05) is 33.1 Å². The predicted octanol–water partition coefficient (Wildman–Crippen LogP) is 1.68. The van der Waals surface area contributed by atoms with Gasteiger partial charge in [-0.1, -0.05) is 18.2 Å². The Bertz CT molecular complexity index is 1030. The largest absolute Gasteiger partial charge is 0.486 e. The van der Waals surface area contributed by atoms with E-state index in [-0.39, 0.29) is 17.0 Å². The van der Waals surface area contributed by atoms with Gasteiger partial charge in [0, 0.05) is 19.8 Å². The van der Waals surface area contributed by atoms with Crippen molar-refractivity contribution >= 4 is 21.7 Å². The van der Waals surface area contributed by atoms with Crippen molar-refractivity contribution < 1.29 is 32.2 Å². The van der Waals surface area contributed by atoms with Gasteiger partial charge in [-0.15, -0.1) is 0 Å². The van der Waals surface area contributed by atoms with Crippen molar-refractivity contribution in [1.29, 1.82) is 0 Å². The first-order valence-electron chi connectivity index (χ1n) is 8.84.